The fourth-order valence-electron chi connectivity index (χ4n) is 6.44. The highest BCUT2D eigenvalue weighted by Gasteiger charge is 2.71. The number of hydrogen-bond acceptors (Lipinski definition) is 6. The standard InChI is InChI=1S/C30H22FNO5/c1-16(33)26-25(21-11-5-6-12-22(21)31)30(28(35)19-9-3-4-10-20(19)29(30)36)24-15-14-18-8-7-13-23(37-17(2)34)27(18)32(24)26/h3-15,24-26H,1-2H3. The Labute approximate surface area is 212 Å². The van der Waals surface area contributed by atoms with E-state index in [0.29, 0.717) is 11.3 Å². The molecule has 2 heterocycles. The lowest BCUT2D eigenvalue weighted by atomic mass is 9.64. The second-order valence-corrected chi connectivity index (χ2v) is 9.63. The number of rotatable bonds is 3. The fourth-order valence-corrected chi connectivity index (χ4v) is 6.44. The molecule has 3 aliphatic rings. The van der Waals surface area contributed by atoms with E-state index >= 15 is 4.39 Å². The first-order valence-electron chi connectivity index (χ1n) is 12.0. The molecule has 3 aromatic rings. The maximum absolute atomic E-state index is 15.5. The summed E-state index contributed by atoms with van der Waals surface area (Å²) in [4.78, 5) is 55.7. The van der Waals surface area contributed by atoms with Crippen LogP contribution in [0.4, 0.5) is 10.1 Å². The molecule has 1 fully saturated rings. The van der Waals surface area contributed by atoms with Crippen molar-refractivity contribution in [2.24, 2.45) is 5.41 Å². The van der Waals surface area contributed by atoms with Crippen LogP contribution in [0.2, 0.25) is 0 Å². The Balaban J connectivity index is 1.70. The molecule has 6 rings (SSSR count). The third kappa shape index (κ3) is 2.97. The number of esters is 1. The monoisotopic (exact) mass is 495 g/mol. The van der Waals surface area contributed by atoms with Gasteiger partial charge in [-0.1, -0.05) is 66.7 Å². The summed E-state index contributed by atoms with van der Waals surface area (Å²) in [6, 6.07) is 15.6. The van der Waals surface area contributed by atoms with E-state index in [-0.39, 0.29) is 28.2 Å². The van der Waals surface area contributed by atoms with Gasteiger partial charge in [0.1, 0.15) is 11.2 Å². The average molecular weight is 496 g/mol. The molecule has 1 spiro atoms. The lowest BCUT2D eigenvalue weighted by Crippen LogP contribution is -2.48. The Kier molecular flexibility index (Phi) is 5.02. The molecule has 37 heavy (non-hydrogen) atoms. The van der Waals surface area contributed by atoms with Crippen LogP contribution in [0.5, 0.6) is 5.75 Å². The molecule has 3 aromatic carbocycles. The third-order valence-electron chi connectivity index (χ3n) is 7.70. The first-order chi connectivity index (χ1) is 17.8. The summed E-state index contributed by atoms with van der Waals surface area (Å²) in [5.41, 5.74) is -0.0941. The number of fused-ring (bicyclic) bond motifs is 5. The molecule has 0 aromatic heterocycles. The van der Waals surface area contributed by atoms with Gasteiger partial charge in [-0.3, -0.25) is 19.2 Å². The van der Waals surface area contributed by atoms with Gasteiger partial charge in [-0.05, 0) is 24.6 Å². The lowest BCUT2D eigenvalue weighted by Gasteiger charge is -2.37. The van der Waals surface area contributed by atoms with Crippen LogP contribution in [-0.4, -0.2) is 35.4 Å². The number of carbonyl (C=O) groups excluding carboxylic acids is 4. The zero-order chi connectivity index (χ0) is 26.1. The summed E-state index contributed by atoms with van der Waals surface area (Å²) >= 11 is 0. The minimum Gasteiger partial charge on any atom is -0.424 e. The summed E-state index contributed by atoms with van der Waals surface area (Å²) < 4.78 is 21.0. The van der Waals surface area contributed by atoms with Crippen molar-refractivity contribution in [3.8, 4) is 5.75 Å². The summed E-state index contributed by atoms with van der Waals surface area (Å²) in [6.07, 6.45) is 3.49. The van der Waals surface area contributed by atoms with Gasteiger partial charge in [0.25, 0.3) is 0 Å². The molecule has 3 unspecified atom stereocenters. The smallest absolute Gasteiger partial charge is 0.308 e. The SMILES string of the molecule is CC(=O)Oc1cccc2c1N1C(C(C)=O)C(c3ccccc3F)C3(C(=O)c4ccccc4C3=O)C1C=C2. The Bertz CT molecular complexity index is 1520. The van der Waals surface area contributed by atoms with Crippen LogP contribution in [0.1, 0.15) is 51.6 Å². The summed E-state index contributed by atoms with van der Waals surface area (Å²) in [5, 5.41) is 0. The van der Waals surface area contributed by atoms with Gasteiger partial charge in [0.15, 0.2) is 23.1 Å². The first kappa shape index (κ1) is 23.0. The molecule has 0 N–H and O–H groups in total. The Hall–Kier alpha value is -4.39. The van der Waals surface area contributed by atoms with E-state index in [1.54, 1.807) is 65.6 Å². The van der Waals surface area contributed by atoms with Crippen molar-refractivity contribution >= 4 is 35.1 Å². The van der Waals surface area contributed by atoms with E-state index in [9.17, 15) is 19.2 Å². The topological polar surface area (TPSA) is 80.8 Å². The number of ketones is 3. The highest BCUT2D eigenvalue weighted by atomic mass is 19.1. The maximum Gasteiger partial charge on any atom is 0.308 e. The molecule has 0 bridgehead atoms. The van der Waals surface area contributed by atoms with Crippen LogP contribution in [-0.2, 0) is 9.59 Å². The fraction of sp³-hybridized carbons (Fsp3) is 0.200. The van der Waals surface area contributed by atoms with Gasteiger partial charge in [0, 0.05) is 29.5 Å². The van der Waals surface area contributed by atoms with Crippen LogP contribution in [0.25, 0.3) is 6.08 Å². The van der Waals surface area contributed by atoms with Crippen molar-refractivity contribution in [2.75, 3.05) is 4.90 Å². The predicted molar refractivity (Wildman–Crippen MR) is 134 cm³/mol. The van der Waals surface area contributed by atoms with Crippen LogP contribution in [0.3, 0.4) is 0 Å². The average Bonchev–Trinajstić information content (AvgIpc) is 3.30. The second-order valence-electron chi connectivity index (χ2n) is 9.63. The minimum atomic E-state index is -1.79. The van der Waals surface area contributed by atoms with E-state index in [2.05, 4.69) is 0 Å². The predicted octanol–water partition coefficient (Wildman–Crippen LogP) is 4.77. The van der Waals surface area contributed by atoms with Crippen LogP contribution < -0.4 is 9.64 Å². The zero-order valence-electron chi connectivity index (χ0n) is 20.1. The van der Waals surface area contributed by atoms with E-state index in [4.69, 9.17) is 4.74 Å². The van der Waals surface area contributed by atoms with Gasteiger partial charge in [-0.2, -0.15) is 0 Å². The molecular formula is C30H22FNO5. The number of halogens is 1. The summed E-state index contributed by atoms with van der Waals surface area (Å²) in [7, 11) is 0. The second kappa shape index (κ2) is 8.06. The first-order valence-corrected chi connectivity index (χ1v) is 12.0. The van der Waals surface area contributed by atoms with Crippen molar-refractivity contribution in [1.82, 2.24) is 0 Å². The number of hydrogen-bond donors (Lipinski definition) is 0. The zero-order valence-corrected chi connectivity index (χ0v) is 20.1. The number of anilines is 1. The molecule has 0 radical (unpaired) electrons. The molecule has 0 saturated carbocycles. The van der Waals surface area contributed by atoms with Crippen molar-refractivity contribution in [3.05, 3.63) is 101 Å². The van der Waals surface area contributed by atoms with Crippen LogP contribution in [0.15, 0.2) is 72.8 Å². The number of benzene rings is 3. The Morgan fingerprint density at radius 2 is 1.54 bits per heavy atom. The maximum atomic E-state index is 15.5. The summed E-state index contributed by atoms with van der Waals surface area (Å²) in [6.45, 7) is 2.64. The van der Waals surface area contributed by atoms with E-state index in [1.807, 2.05) is 0 Å². The van der Waals surface area contributed by atoms with Crippen LogP contribution >= 0.6 is 0 Å². The van der Waals surface area contributed by atoms with Gasteiger partial charge in [0.05, 0.1) is 17.8 Å². The van der Waals surface area contributed by atoms with Gasteiger partial charge in [0.2, 0.25) is 0 Å². The number of ether oxygens (including phenoxy) is 1. The molecule has 2 aliphatic heterocycles. The number of carbonyl (C=O) groups is 4. The van der Waals surface area contributed by atoms with Crippen molar-refractivity contribution in [2.45, 2.75) is 31.8 Å². The largest absolute Gasteiger partial charge is 0.424 e. The summed E-state index contributed by atoms with van der Waals surface area (Å²) in [5.74, 6) is -3.32. The highest BCUT2D eigenvalue weighted by Crippen LogP contribution is 2.61. The number of Topliss-reactive ketones (excluding diaryl/α,β-unsaturated/α-hetero) is 3. The normalized spacial score (nSPS) is 22.6. The van der Waals surface area contributed by atoms with Crippen molar-refractivity contribution in [1.29, 1.82) is 0 Å². The molecule has 3 atom stereocenters. The lowest BCUT2D eigenvalue weighted by molar-refractivity contribution is -0.131. The Morgan fingerprint density at radius 1 is 0.892 bits per heavy atom. The molecule has 1 saturated heterocycles. The quantitative estimate of drug-likeness (QED) is 0.296. The van der Waals surface area contributed by atoms with Gasteiger partial charge >= 0.3 is 5.97 Å². The number of nitrogens with zero attached hydrogens (tertiary/aromatic N) is 1. The van der Waals surface area contributed by atoms with Gasteiger partial charge in [-0.15, -0.1) is 0 Å². The molecule has 6 nitrogen and oxygen atoms in total. The molecule has 0 amide bonds. The van der Waals surface area contributed by atoms with Crippen molar-refractivity contribution in [3.63, 3.8) is 0 Å². The molecule has 7 heteroatoms. The van der Waals surface area contributed by atoms with Crippen LogP contribution in [0, 0.1) is 11.2 Å². The van der Waals surface area contributed by atoms with Gasteiger partial charge in [-0.25, -0.2) is 4.39 Å². The third-order valence-corrected chi connectivity index (χ3v) is 7.70. The minimum absolute atomic E-state index is 0.117. The highest BCUT2D eigenvalue weighted by molar-refractivity contribution is 6.32. The number of para-hydroxylation sites is 1. The van der Waals surface area contributed by atoms with E-state index in [0.717, 1.165) is 0 Å². The molecular weight excluding hydrogens is 473 g/mol. The molecule has 184 valence electrons. The van der Waals surface area contributed by atoms with Gasteiger partial charge < -0.3 is 9.64 Å². The Morgan fingerprint density at radius 3 is 2.16 bits per heavy atom. The van der Waals surface area contributed by atoms with Crippen molar-refractivity contribution < 1.29 is 28.3 Å². The molecule has 1 aliphatic carbocycles. The van der Waals surface area contributed by atoms with E-state index in [1.165, 1.54) is 32.0 Å². The van der Waals surface area contributed by atoms with E-state index < -0.39 is 46.8 Å².